The Morgan fingerprint density at radius 2 is 1.71 bits per heavy atom. The van der Waals surface area contributed by atoms with Gasteiger partial charge in [0.05, 0.1) is 24.8 Å². The van der Waals surface area contributed by atoms with Gasteiger partial charge in [-0.1, -0.05) is 31.2 Å². The van der Waals surface area contributed by atoms with Crippen molar-refractivity contribution in [2.45, 2.75) is 18.2 Å². The first-order valence-corrected chi connectivity index (χ1v) is 12.0. The molecule has 0 radical (unpaired) electrons. The molecule has 0 heterocycles. The molecule has 0 fully saturated rings. The molecular weight excluding hydrogens is 474 g/mol. The first-order valence-electron chi connectivity index (χ1n) is 10.6. The van der Waals surface area contributed by atoms with Gasteiger partial charge in [0, 0.05) is 17.8 Å². The van der Waals surface area contributed by atoms with Crippen LogP contribution in [0, 0.1) is 10.1 Å². The van der Waals surface area contributed by atoms with Gasteiger partial charge in [-0.2, -0.15) is 0 Å². The summed E-state index contributed by atoms with van der Waals surface area (Å²) in [7, 11) is -1.80. The van der Waals surface area contributed by atoms with Gasteiger partial charge in [0.15, 0.2) is 4.90 Å². The molecule has 1 N–H and O–H groups in total. The van der Waals surface area contributed by atoms with Gasteiger partial charge in [-0.05, 0) is 42.3 Å². The highest BCUT2D eigenvalue weighted by atomic mass is 32.2. The Morgan fingerprint density at radius 3 is 2.31 bits per heavy atom. The van der Waals surface area contributed by atoms with Gasteiger partial charge < -0.3 is 14.8 Å². The number of aryl methyl sites for hydroxylation is 1. The van der Waals surface area contributed by atoms with Crippen LogP contribution in [0.1, 0.15) is 12.5 Å². The molecule has 0 aliphatic carbocycles. The van der Waals surface area contributed by atoms with Gasteiger partial charge in [-0.15, -0.1) is 0 Å². The number of carbonyl (C=O) groups excluding carboxylic acids is 1. The van der Waals surface area contributed by atoms with Crippen molar-refractivity contribution in [3.05, 3.63) is 82.4 Å². The maximum atomic E-state index is 13.7. The second-order valence-electron chi connectivity index (χ2n) is 7.37. The van der Waals surface area contributed by atoms with E-state index < -0.39 is 38.0 Å². The fourth-order valence-corrected chi connectivity index (χ4v) is 4.98. The Bertz CT molecular complexity index is 1330. The Morgan fingerprint density at radius 1 is 1.03 bits per heavy atom. The van der Waals surface area contributed by atoms with Crippen LogP contribution in [0.2, 0.25) is 0 Å². The number of nitro groups is 1. The molecule has 0 bridgehead atoms. The SMILES string of the molecule is CCc1ccc(NC(=O)CN(c2ccc(OC)cc2OC)S(=O)(=O)c2ccccc2[N+](=O)[O-])cc1. The Labute approximate surface area is 203 Å². The van der Waals surface area contributed by atoms with E-state index >= 15 is 0 Å². The molecule has 10 nitrogen and oxygen atoms in total. The van der Waals surface area contributed by atoms with Crippen LogP contribution in [-0.2, 0) is 21.2 Å². The number of sulfonamides is 1. The smallest absolute Gasteiger partial charge is 0.289 e. The molecule has 3 aromatic rings. The van der Waals surface area contributed by atoms with Crippen molar-refractivity contribution in [2.75, 3.05) is 30.4 Å². The average molecular weight is 500 g/mol. The number of para-hydroxylation sites is 1. The lowest BCUT2D eigenvalue weighted by atomic mass is 10.1. The van der Waals surface area contributed by atoms with E-state index in [1.54, 1.807) is 12.1 Å². The summed E-state index contributed by atoms with van der Waals surface area (Å²) in [6.07, 6.45) is 0.827. The number of nitrogens with zero attached hydrogens (tertiary/aromatic N) is 2. The summed E-state index contributed by atoms with van der Waals surface area (Å²) in [6.45, 7) is 1.34. The highest BCUT2D eigenvalue weighted by Gasteiger charge is 2.34. The third-order valence-electron chi connectivity index (χ3n) is 5.22. The number of methoxy groups -OCH3 is 2. The molecule has 1 amide bonds. The summed E-state index contributed by atoms with van der Waals surface area (Å²) in [5.41, 5.74) is 0.965. The highest BCUT2D eigenvalue weighted by Crippen LogP contribution is 2.37. The first kappa shape index (κ1) is 25.5. The van der Waals surface area contributed by atoms with Crippen molar-refractivity contribution >= 4 is 33.0 Å². The summed E-state index contributed by atoms with van der Waals surface area (Å²) in [6, 6.07) is 16.4. The zero-order valence-corrected chi connectivity index (χ0v) is 20.2. The van der Waals surface area contributed by atoms with Crippen LogP contribution in [-0.4, -0.2) is 40.0 Å². The highest BCUT2D eigenvalue weighted by molar-refractivity contribution is 7.93. The van der Waals surface area contributed by atoms with Gasteiger partial charge >= 0.3 is 0 Å². The maximum absolute atomic E-state index is 13.7. The fraction of sp³-hybridized carbons (Fsp3) is 0.208. The van der Waals surface area contributed by atoms with Crippen molar-refractivity contribution < 1.29 is 27.6 Å². The molecule has 0 spiro atoms. The number of hydrogen-bond acceptors (Lipinski definition) is 7. The van der Waals surface area contributed by atoms with Crippen LogP contribution in [0.25, 0.3) is 0 Å². The lowest BCUT2D eigenvalue weighted by Gasteiger charge is -2.25. The summed E-state index contributed by atoms with van der Waals surface area (Å²) in [5, 5.41) is 14.2. The summed E-state index contributed by atoms with van der Waals surface area (Å²) in [5.74, 6) is -0.144. The molecule has 35 heavy (non-hydrogen) atoms. The molecule has 0 saturated heterocycles. The van der Waals surface area contributed by atoms with Crippen LogP contribution in [0.4, 0.5) is 17.1 Å². The van der Waals surface area contributed by atoms with Crippen LogP contribution >= 0.6 is 0 Å². The number of nitro benzene ring substituents is 1. The fourth-order valence-electron chi connectivity index (χ4n) is 3.39. The summed E-state index contributed by atoms with van der Waals surface area (Å²) >= 11 is 0. The number of ether oxygens (including phenoxy) is 2. The van der Waals surface area contributed by atoms with Gasteiger partial charge in [0.2, 0.25) is 5.91 Å². The van der Waals surface area contributed by atoms with E-state index in [-0.39, 0.29) is 11.4 Å². The van der Waals surface area contributed by atoms with Gasteiger partial charge in [0.25, 0.3) is 15.7 Å². The minimum atomic E-state index is -4.57. The van der Waals surface area contributed by atoms with Crippen molar-refractivity contribution in [2.24, 2.45) is 0 Å². The Balaban J connectivity index is 2.07. The summed E-state index contributed by atoms with van der Waals surface area (Å²) < 4.78 is 38.7. The molecule has 0 aromatic heterocycles. The predicted octanol–water partition coefficient (Wildman–Crippen LogP) is 4.01. The van der Waals surface area contributed by atoms with E-state index in [1.807, 2.05) is 19.1 Å². The van der Waals surface area contributed by atoms with E-state index in [0.717, 1.165) is 28.4 Å². The number of carbonyl (C=O) groups is 1. The zero-order chi connectivity index (χ0) is 25.6. The van der Waals surface area contributed by atoms with Crippen LogP contribution in [0.3, 0.4) is 0 Å². The number of hydrogen-bond donors (Lipinski definition) is 1. The molecule has 0 atom stereocenters. The number of nitrogens with one attached hydrogen (secondary N) is 1. The number of rotatable bonds is 10. The van der Waals surface area contributed by atoms with Crippen LogP contribution in [0.5, 0.6) is 11.5 Å². The zero-order valence-electron chi connectivity index (χ0n) is 19.4. The molecular formula is C24H25N3O7S. The Kier molecular flexibility index (Phi) is 7.92. The molecule has 0 aliphatic rings. The molecule has 0 aliphatic heterocycles. The van der Waals surface area contributed by atoms with E-state index in [2.05, 4.69) is 5.32 Å². The standard InChI is InChI=1S/C24H25N3O7S/c1-4-17-9-11-18(12-10-17)25-24(28)16-26(20-14-13-19(33-2)15-22(20)34-3)35(31,32)23-8-6-5-7-21(23)27(29)30/h5-15H,4,16H2,1-3H3,(H,25,28). The quantitative estimate of drug-likeness (QED) is 0.330. The largest absolute Gasteiger partial charge is 0.497 e. The normalized spacial score (nSPS) is 10.9. The minimum Gasteiger partial charge on any atom is -0.497 e. The first-order chi connectivity index (χ1) is 16.7. The molecule has 184 valence electrons. The second kappa shape index (κ2) is 10.9. The van der Waals surface area contributed by atoms with Gasteiger partial charge in [0.1, 0.15) is 18.0 Å². The second-order valence-corrected chi connectivity index (χ2v) is 9.20. The predicted molar refractivity (Wildman–Crippen MR) is 132 cm³/mol. The van der Waals surface area contributed by atoms with Crippen molar-refractivity contribution in [3.8, 4) is 11.5 Å². The van der Waals surface area contributed by atoms with E-state index in [4.69, 9.17) is 9.47 Å². The molecule has 3 rings (SSSR count). The third-order valence-corrected chi connectivity index (χ3v) is 7.03. The maximum Gasteiger partial charge on any atom is 0.289 e. The molecule has 0 unspecified atom stereocenters. The van der Waals surface area contributed by atoms with E-state index in [9.17, 15) is 23.3 Å². The van der Waals surface area contributed by atoms with Crippen LogP contribution in [0.15, 0.2) is 71.6 Å². The molecule has 0 saturated carbocycles. The number of anilines is 2. The van der Waals surface area contributed by atoms with Crippen LogP contribution < -0.4 is 19.1 Å². The number of amides is 1. The molecule has 3 aromatic carbocycles. The van der Waals surface area contributed by atoms with E-state index in [0.29, 0.717) is 11.4 Å². The van der Waals surface area contributed by atoms with E-state index in [1.165, 1.54) is 44.6 Å². The minimum absolute atomic E-state index is 0.0166. The topological polar surface area (TPSA) is 128 Å². The molecule has 11 heteroatoms. The lowest BCUT2D eigenvalue weighted by molar-refractivity contribution is -0.387. The Hall–Kier alpha value is -4.12. The monoisotopic (exact) mass is 499 g/mol. The lowest BCUT2D eigenvalue weighted by Crippen LogP contribution is -2.38. The average Bonchev–Trinajstić information content (AvgIpc) is 2.87. The third kappa shape index (κ3) is 5.69. The summed E-state index contributed by atoms with van der Waals surface area (Å²) in [4.78, 5) is 23.2. The van der Waals surface area contributed by atoms with Gasteiger partial charge in [-0.25, -0.2) is 8.42 Å². The number of benzene rings is 3. The van der Waals surface area contributed by atoms with Gasteiger partial charge in [-0.3, -0.25) is 19.2 Å². The van der Waals surface area contributed by atoms with Crippen molar-refractivity contribution in [1.82, 2.24) is 0 Å². The van der Waals surface area contributed by atoms with Crippen molar-refractivity contribution in [1.29, 1.82) is 0 Å². The van der Waals surface area contributed by atoms with Crippen molar-refractivity contribution in [3.63, 3.8) is 0 Å².